The Kier molecular flexibility index (Phi) is 8.13. The van der Waals surface area contributed by atoms with Crippen molar-refractivity contribution in [1.82, 2.24) is 15.6 Å². The number of carbonyl (C=O) groups excluding carboxylic acids is 2. The number of benzene rings is 2. The molecule has 0 spiro atoms. The van der Waals surface area contributed by atoms with Gasteiger partial charge in [0.1, 0.15) is 5.03 Å². The molecule has 0 saturated carbocycles. The number of amides is 2. The van der Waals surface area contributed by atoms with Gasteiger partial charge in [-0.05, 0) is 35.4 Å². The molecule has 0 atom stereocenters. The fourth-order valence-electron chi connectivity index (χ4n) is 2.59. The van der Waals surface area contributed by atoms with Crippen LogP contribution in [0.5, 0.6) is 0 Å². The summed E-state index contributed by atoms with van der Waals surface area (Å²) in [5.74, 6) is -0.241. The lowest BCUT2D eigenvalue weighted by atomic mass is 10.2. The molecule has 0 fully saturated rings. The Balaban J connectivity index is 1.54. The normalized spacial score (nSPS) is 10.5. The van der Waals surface area contributed by atoms with Crippen molar-refractivity contribution in [2.45, 2.75) is 18.1 Å². The monoisotopic (exact) mass is 459 g/mol. The summed E-state index contributed by atoms with van der Waals surface area (Å²) in [4.78, 5) is 29.0. The van der Waals surface area contributed by atoms with E-state index >= 15 is 0 Å². The van der Waals surface area contributed by atoms with E-state index in [9.17, 15) is 9.59 Å². The van der Waals surface area contributed by atoms with Gasteiger partial charge in [0.05, 0.1) is 21.4 Å². The molecule has 0 aliphatic heterocycles. The minimum Gasteiger partial charge on any atom is -0.351 e. The van der Waals surface area contributed by atoms with Crippen molar-refractivity contribution in [3.8, 4) is 0 Å². The number of hydrogen-bond donors (Lipinski definition) is 2. The van der Waals surface area contributed by atoms with E-state index in [2.05, 4.69) is 15.6 Å². The van der Waals surface area contributed by atoms with Crippen molar-refractivity contribution in [3.05, 3.63) is 93.6 Å². The zero-order valence-electron chi connectivity index (χ0n) is 15.9. The topological polar surface area (TPSA) is 71.1 Å². The number of thioether (sulfide) groups is 1. The highest BCUT2D eigenvalue weighted by atomic mass is 35.5. The lowest BCUT2D eigenvalue weighted by Crippen LogP contribution is -2.25. The van der Waals surface area contributed by atoms with Gasteiger partial charge in [0.2, 0.25) is 5.91 Å². The van der Waals surface area contributed by atoms with E-state index in [-0.39, 0.29) is 17.6 Å². The third-order valence-corrected chi connectivity index (χ3v) is 5.87. The van der Waals surface area contributed by atoms with Gasteiger partial charge in [0, 0.05) is 19.3 Å². The minimum absolute atomic E-state index is 0.128. The highest BCUT2D eigenvalue weighted by Crippen LogP contribution is 2.23. The number of pyridine rings is 1. The van der Waals surface area contributed by atoms with Crippen LogP contribution in [-0.2, 0) is 17.9 Å². The number of carbonyl (C=O) groups is 2. The number of nitrogens with one attached hydrogen (secondary N) is 2. The molecule has 8 heteroatoms. The second-order valence-corrected chi connectivity index (χ2v) is 8.12. The van der Waals surface area contributed by atoms with Crippen LogP contribution in [0, 0.1) is 0 Å². The Morgan fingerprint density at radius 2 is 1.63 bits per heavy atom. The average Bonchev–Trinajstić information content (AvgIpc) is 2.77. The van der Waals surface area contributed by atoms with Gasteiger partial charge in [-0.1, -0.05) is 71.4 Å². The first-order valence-corrected chi connectivity index (χ1v) is 10.9. The highest BCUT2D eigenvalue weighted by Gasteiger charge is 2.14. The van der Waals surface area contributed by atoms with Crippen LogP contribution in [0.3, 0.4) is 0 Å². The highest BCUT2D eigenvalue weighted by molar-refractivity contribution is 8.00. The van der Waals surface area contributed by atoms with Gasteiger partial charge in [-0.25, -0.2) is 4.98 Å². The van der Waals surface area contributed by atoms with Crippen molar-refractivity contribution < 1.29 is 9.59 Å². The van der Waals surface area contributed by atoms with Crippen molar-refractivity contribution >= 4 is 46.8 Å². The van der Waals surface area contributed by atoms with E-state index in [0.29, 0.717) is 33.7 Å². The van der Waals surface area contributed by atoms with Crippen LogP contribution >= 0.6 is 35.0 Å². The molecule has 2 amide bonds. The molecule has 2 N–H and O–H groups in total. The van der Waals surface area contributed by atoms with Gasteiger partial charge in [0.25, 0.3) is 5.91 Å². The SMILES string of the molecule is O=C(CSc1ncccc1C(=O)NCc1ccc(Cl)c(Cl)c1)NCc1ccccc1. The second kappa shape index (κ2) is 11.0. The van der Waals surface area contributed by atoms with Crippen LogP contribution in [0.4, 0.5) is 0 Å². The summed E-state index contributed by atoms with van der Waals surface area (Å²) in [6, 6.07) is 18.2. The summed E-state index contributed by atoms with van der Waals surface area (Å²) in [5, 5.41) is 7.10. The fourth-order valence-corrected chi connectivity index (χ4v) is 3.73. The van der Waals surface area contributed by atoms with Gasteiger partial charge < -0.3 is 10.6 Å². The first-order chi connectivity index (χ1) is 14.5. The Bertz CT molecular complexity index is 1030. The zero-order valence-corrected chi connectivity index (χ0v) is 18.2. The number of halogens is 2. The van der Waals surface area contributed by atoms with Crippen molar-refractivity contribution in [2.24, 2.45) is 0 Å². The van der Waals surface area contributed by atoms with E-state index in [1.54, 1.807) is 36.5 Å². The third kappa shape index (κ3) is 6.49. The molecule has 0 radical (unpaired) electrons. The molecule has 5 nitrogen and oxygen atoms in total. The first-order valence-electron chi connectivity index (χ1n) is 9.13. The number of rotatable bonds is 8. The van der Waals surface area contributed by atoms with Crippen LogP contribution < -0.4 is 10.6 Å². The second-order valence-electron chi connectivity index (χ2n) is 6.34. The molecule has 154 valence electrons. The van der Waals surface area contributed by atoms with Gasteiger partial charge in [-0.15, -0.1) is 0 Å². The fraction of sp³-hybridized carbons (Fsp3) is 0.136. The summed E-state index contributed by atoms with van der Waals surface area (Å²) in [5.41, 5.74) is 2.27. The lowest BCUT2D eigenvalue weighted by Gasteiger charge is -2.10. The van der Waals surface area contributed by atoms with E-state index in [4.69, 9.17) is 23.2 Å². The predicted octanol–water partition coefficient (Wildman–Crippen LogP) is 4.73. The summed E-state index contributed by atoms with van der Waals surface area (Å²) >= 11 is 13.1. The minimum atomic E-state index is -0.277. The maximum Gasteiger partial charge on any atom is 0.254 e. The molecule has 0 unspecified atom stereocenters. The largest absolute Gasteiger partial charge is 0.351 e. The maximum absolute atomic E-state index is 12.6. The molecular weight excluding hydrogens is 441 g/mol. The molecule has 3 rings (SSSR count). The van der Waals surface area contributed by atoms with Crippen LogP contribution in [0.15, 0.2) is 71.9 Å². The quantitative estimate of drug-likeness (QED) is 0.477. The van der Waals surface area contributed by atoms with E-state index in [1.807, 2.05) is 30.3 Å². The molecule has 3 aromatic rings. The van der Waals surface area contributed by atoms with Crippen LogP contribution in [-0.4, -0.2) is 22.6 Å². The molecule has 30 heavy (non-hydrogen) atoms. The molecule has 0 bridgehead atoms. The van der Waals surface area contributed by atoms with Gasteiger partial charge in [-0.2, -0.15) is 0 Å². The van der Waals surface area contributed by atoms with Gasteiger partial charge >= 0.3 is 0 Å². The van der Waals surface area contributed by atoms with Gasteiger partial charge in [-0.3, -0.25) is 9.59 Å². The standard InChI is InChI=1S/C22H19Cl2N3O2S/c23-18-9-8-16(11-19(18)24)13-27-21(29)17-7-4-10-25-22(17)30-14-20(28)26-12-15-5-2-1-3-6-15/h1-11H,12-14H2,(H,26,28)(H,27,29). The van der Waals surface area contributed by atoms with Crippen LogP contribution in [0.25, 0.3) is 0 Å². The third-order valence-electron chi connectivity index (χ3n) is 4.13. The van der Waals surface area contributed by atoms with Crippen molar-refractivity contribution in [1.29, 1.82) is 0 Å². The molecule has 2 aromatic carbocycles. The first kappa shape index (κ1) is 22.2. The summed E-state index contributed by atoms with van der Waals surface area (Å²) in [7, 11) is 0. The zero-order chi connectivity index (χ0) is 21.3. The molecule has 0 saturated heterocycles. The number of aromatic nitrogens is 1. The van der Waals surface area contributed by atoms with E-state index < -0.39 is 0 Å². The Morgan fingerprint density at radius 3 is 2.40 bits per heavy atom. The molecular formula is C22H19Cl2N3O2S. The molecule has 0 aliphatic carbocycles. The number of nitrogens with zero attached hydrogens (tertiary/aromatic N) is 1. The van der Waals surface area contributed by atoms with Gasteiger partial charge in [0.15, 0.2) is 0 Å². The predicted molar refractivity (Wildman–Crippen MR) is 121 cm³/mol. The van der Waals surface area contributed by atoms with Crippen LogP contribution in [0.2, 0.25) is 10.0 Å². The Morgan fingerprint density at radius 1 is 0.867 bits per heavy atom. The molecule has 0 aliphatic rings. The summed E-state index contributed by atoms with van der Waals surface area (Å²) in [6.45, 7) is 0.756. The van der Waals surface area contributed by atoms with Crippen LogP contribution in [0.1, 0.15) is 21.5 Å². The maximum atomic E-state index is 12.6. The summed E-state index contributed by atoms with van der Waals surface area (Å²) < 4.78 is 0. The van der Waals surface area contributed by atoms with E-state index in [0.717, 1.165) is 11.1 Å². The van der Waals surface area contributed by atoms with E-state index in [1.165, 1.54) is 11.8 Å². The number of hydrogen-bond acceptors (Lipinski definition) is 4. The lowest BCUT2D eigenvalue weighted by molar-refractivity contribution is -0.118. The average molecular weight is 460 g/mol. The summed E-state index contributed by atoms with van der Waals surface area (Å²) in [6.07, 6.45) is 1.60. The Hall–Kier alpha value is -2.54. The molecule has 1 aromatic heterocycles. The van der Waals surface area contributed by atoms with Crippen molar-refractivity contribution in [2.75, 3.05) is 5.75 Å². The smallest absolute Gasteiger partial charge is 0.254 e. The van der Waals surface area contributed by atoms with Crippen molar-refractivity contribution in [3.63, 3.8) is 0 Å². The molecule has 1 heterocycles. The Labute approximate surface area is 189 Å².